The molecule has 0 saturated carbocycles. The number of aliphatic hydroxyl groups is 1. The molecule has 6 heteroatoms. The van der Waals surface area contributed by atoms with Crippen LogP contribution in [0.3, 0.4) is 0 Å². The van der Waals surface area contributed by atoms with Gasteiger partial charge in [0.15, 0.2) is 0 Å². The summed E-state index contributed by atoms with van der Waals surface area (Å²) in [6.45, 7) is 6.22. The lowest BCUT2D eigenvalue weighted by atomic mass is 10.2. The average molecular weight is 244 g/mol. The maximum atomic E-state index is 12.2. The highest BCUT2D eigenvalue weighted by molar-refractivity contribution is 5.83. The molecule has 1 heterocycles. The van der Waals surface area contributed by atoms with E-state index < -0.39 is 18.1 Å². The van der Waals surface area contributed by atoms with Crippen LogP contribution in [0, 0.1) is 0 Å². The molecule has 0 bridgehead atoms. The smallest absolute Gasteiger partial charge is 0.326 e. The summed E-state index contributed by atoms with van der Waals surface area (Å²) in [5, 5.41) is 18.5. The van der Waals surface area contributed by atoms with E-state index in [1.807, 2.05) is 20.8 Å². The van der Waals surface area contributed by atoms with Crippen LogP contribution in [0.4, 0.5) is 4.79 Å². The van der Waals surface area contributed by atoms with Crippen LogP contribution < -0.4 is 0 Å². The van der Waals surface area contributed by atoms with Gasteiger partial charge in [-0.15, -0.1) is 0 Å². The zero-order chi connectivity index (χ0) is 13.2. The van der Waals surface area contributed by atoms with Crippen molar-refractivity contribution in [3.63, 3.8) is 0 Å². The molecular weight excluding hydrogens is 224 g/mol. The van der Waals surface area contributed by atoms with Crippen LogP contribution in [-0.2, 0) is 4.79 Å². The average Bonchev–Trinajstić information content (AvgIpc) is 2.60. The SMILES string of the molecule is CCN(C(=O)N1C[C@H](O)C[C@@H]1C(=O)O)C(C)C. The Labute approximate surface area is 101 Å². The van der Waals surface area contributed by atoms with E-state index in [1.54, 1.807) is 4.90 Å². The molecule has 17 heavy (non-hydrogen) atoms. The first-order chi connectivity index (χ1) is 7.88. The van der Waals surface area contributed by atoms with Crippen LogP contribution in [0.1, 0.15) is 27.2 Å². The molecule has 0 aromatic carbocycles. The van der Waals surface area contributed by atoms with E-state index >= 15 is 0 Å². The molecule has 1 aliphatic heterocycles. The Balaban J connectivity index is 2.83. The van der Waals surface area contributed by atoms with Gasteiger partial charge in [0.1, 0.15) is 6.04 Å². The van der Waals surface area contributed by atoms with E-state index in [0.29, 0.717) is 6.54 Å². The van der Waals surface area contributed by atoms with Crippen LogP contribution >= 0.6 is 0 Å². The number of hydrogen-bond acceptors (Lipinski definition) is 3. The predicted octanol–water partition coefficient (Wildman–Crippen LogP) is 0.357. The minimum atomic E-state index is -1.06. The Kier molecular flexibility index (Phi) is 4.34. The first-order valence-electron chi connectivity index (χ1n) is 5.86. The van der Waals surface area contributed by atoms with Crippen molar-refractivity contribution in [2.75, 3.05) is 13.1 Å². The molecule has 0 radical (unpaired) electrons. The van der Waals surface area contributed by atoms with Gasteiger partial charge in [-0.2, -0.15) is 0 Å². The monoisotopic (exact) mass is 244 g/mol. The van der Waals surface area contributed by atoms with Crippen LogP contribution in [0.15, 0.2) is 0 Å². The van der Waals surface area contributed by atoms with Gasteiger partial charge in [0.2, 0.25) is 0 Å². The number of β-amino-alcohol motifs (C(OH)–C–C–N with tert-alkyl or cyclic N) is 1. The van der Waals surface area contributed by atoms with E-state index in [2.05, 4.69) is 0 Å². The summed E-state index contributed by atoms with van der Waals surface area (Å²) in [5.74, 6) is -1.06. The van der Waals surface area contributed by atoms with Gasteiger partial charge in [0, 0.05) is 25.6 Å². The third-order valence-electron chi connectivity index (χ3n) is 3.02. The molecule has 0 unspecified atom stereocenters. The van der Waals surface area contributed by atoms with Gasteiger partial charge >= 0.3 is 12.0 Å². The fourth-order valence-electron chi connectivity index (χ4n) is 2.15. The van der Waals surface area contributed by atoms with Gasteiger partial charge in [-0.05, 0) is 20.8 Å². The fraction of sp³-hybridized carbons (Fsp3) is 0.818. The Morgan fingerprint density at radius 1 is 1.47 bits per heavy atom. The Morgan fingerprint density at radius 3 is 2.47 bits per heavy atom. The largest absolute Gasteiger partial charge is 0.480 e. The number of amides is 2. The summed E-state index contributed by atoms with van der Waals surface area (Å²) in [5.41, 5.74) is 0. The number of aliphatic carboxylic acids is 1. The molecule has 2 amide bonds. The van der Waals surface area contributed by atoms with E-state index in [-0.39, 0.29) is 25.0 Å². The number of urea groups is 1. The fourth-order valence-corrected chi connectivity index (χ4v) is 2.15. The molecule has 1 fully saturated rings. The van der Waals surface area contributed by atoms with Crippen molar-refractivity contribution < 1.29 is 19.8 Å². The number of aliphatic hydroxyl groups excluding tert-OH is 1. The van der Waals surface area contributed by atoms with Crippen molar-refractivity contribution in [2.24, 2.45) is 0 Å². The Morgan fingerprint density at radius 2 is 2.06 bits per heavy atom. The first-order valence-corrected chi connectivity index (χ1v) is 5.86. The summed E-state index contributed by atoms with van der Waals surface area (Å²) in [6.07, 6.45) is -0.637. The topological polar surface area (TPSA) is 81.1 Å². The number of hydrogen-bond donors (Lipinski definition) is 2. The lowest BCUT2D eigenvalue weighted by molar-refractivity contribution is -0.141. The molecule has 0 spiro atoms. The van der Waals surface area contributed by atoms with Gasteiger partial charge in [-0.25, -0.2) is 9.59 Å². The second-order valence-corrected chi connectivity index (χ2v) is 4.56. The van der Waals surface area contributed by atoms with E-state index in [1.165, 1.54) is 4.90 Å². The maximum Gasteiger partial charge on any atom is 0.326 e. The molecule has 2 N–H and O–H groups in total. The summed E-state index contributed by atoms with van der Waals surface area (Å²) < 4.78 is 0. The number of carbonyl (C=O) groups is 2. The van der Waals surface area contributed by atoms with Gasteiger partial charge in [0.25, 0.3) is 0 Å². The van der Waals surface area contributed by atoms with Crippen molar-refractivity contribution in [3.8, 4) is 0 Å². The Bertz CT molecular complexity index is 306. The van der Waals surface area contributed by atoms with Crippen LogP contribution in [0.5, 0.6) is 0 Å². The van der Waals surface area contributed by atoms with Gasteiger partial charge in [-0.1, -0.05) is 0 Å². The van der Waals surface area contributed by atoms with Crippen LogP contribution in [0.25, 0.3) is 0 Å². The van der Waals surface area contributed by atoms with E-state index in [4.69, 9.17) is 5.11 Å². The molecular formula is C11H20N2O4. The predicted molar refractivity (Wildman–Crippen MR) is 61.7 cm³/mol. The van der Waals surface area contributed by atoms with E-state index in [0.717, 1.165) is 0 Å². The highest BCUT2D eigenvalue weighted by Crippen LogP contribution is 2.20. The summed E-state index contributed by atoms with van der Waals surface area (Å²) in [7, 11) is 0. The third-order valence-corrected chi connectivity index (χ3v) is 3.02. The normalized spacial score (nSPS) is 24.2. The third kappa shape index (κ3) is 2.88. The lowest BCUT2D eigenvalue weighted by Crippen LogP contribution is -2.50. The molecule has 98 valence electrons. The number of carbonyl (C=O) groups excluding carboxylic acids is 1. The molecule has 6 nitrogen and oxygen atoms in total. The van der Waals surface area contributed by atoms with Crippen molar-refractivity contribution in [1.82, 2.24) is 9.80 Å². The molecule has 1 aliphatic rings. The Hall–Kier alpha value is -1.30. The minimum Gasteiger partial charge on any atom is -0.480 e. The van der Waals surface area contributed by atoms with E-state index in [9.17, 15) is 14.7 Å². The minimum absolute atomic E-state index is 0.0136. The molecule has 1 saturated heterocycles. The van der Waals surface area contributed by atoms with Gasteiger partial charge in [-0.3, -0.25) is 0 Å². The number of rotatable bonds is 3. The number of carboxylic acids is 1. The number of likely N-dealkylation sites (tertiary alicyclic amines) is 1. The van der Waals surface area contributed by atoms with Crippen molar-refractivity contribution >= 4 is 12.0 Å². The highest BCUT2D eigenvalue weighted by atomic mass is 16.4. The first kappa shape index (κ1) is 13.8. The van der Waals surface area contributed by atoms with Gasteiger partial charge < -0.3 is 20.0 Å². The molecule has 0 aromatic heterocycles. The molecule has 0 aliphatic carbocycles. The lowest BCUT2D eigenvalue weighted by Gasteiger charge is -2.32. The number of nitrogens with zero attached hydrogens (tertiary/aromatic N) is 2. The zero-order valence-electron chi connectivity index (χ0n) is 10.5. The maximum absolute atomic E-state index is 12.2. The van der Waals surface area contributed by atoms with Crippen molar-refractivity contribution in [2.45, 2.75) is 45.4 Å². The van der Waals surface area contributed by atoms with Crippen LogP contribution in [-0.4, -0.2) is 63.3 Å². The molecule has 0 aromatic rings. The quantitative estimate of drug-likeness (QED) is 0.751. The van der Waals surface area contributed by atoms with Gasteiger partial charge in [0.05, 0.1) is 6.10 Å². The number of carboxylic acid groups (broad SMARTS) is 1. The zero-order valence-corrected chi connectivity index (χ0v) is 10.5. The second-order valence-electron chi connectivity index (χ2n) is 4.56. The summed E-state index contributed by atoms with van der Waals surface area (Å²) >= 11 is 0. The van der Waals surface area contributed by atoms with Crippen LogP contribution in [0.2, 0.25) is 0 Å². The van der Waals surface area contributed by atoms with Crippen molar-refractivity contribution in [3.05, 3.63) is 0 Å². The molecule has 2 atom stereocenters. The molecule has 1 rings (SSSR count). The summed E-state index contributed by atoms with van der Waals surface area (Å²) in [6, 6.07) is -1.21. The highest BCUT2D eigenvalue weighted by Gasteiger charge is 2.40. The standard InChI is InChI=1S/C11H20N2O4/c1-4-12(7(2)3)11(17)13-6-8(14)5-9(13)10(15)16/h7-9,14H,4-6H2,1-3H3,(H,15,16)/t8-,9-/m1/s1. The summed E-state index contributed by atoms with van der Waals surface area (Å²) in [4.78, 5) is 26.0. The van der Waals surface area contributed by atoms with Crippen molar-refractivity contribution in [1.29, 1.82) is 0 Å². The second kappa shape index (κ2) is 5.35.